The van der Waals surface area contributed by atoms with E-state index in [1.807, 2.05) is 48.7 Å². The summed E-state index contributed by atoms with van der Waals surface area (Å²) >= 11 is 6.07. The fourth-order valence-electron chi connectivity index (χ4n) is 2.89. The zero-order valence-corrected chi connectivity index (χ0v) is 14.3. The van der Waals surface area contributed by atoms with Gasteiger partial charge in [-0.3, -0.25) is 0 Å². The SMILES string of the molecule is Clc1cccc(-c2cnnc(N3CCN(c4ccccn4)CC3)n2)c1. The van der Waals surface area contributed by atoms with Crippen LogP contribution in [0.3, 0.4) is 0 Å². The lowest BCUT2D eigenvalue weighted by Crippen LogP contribution is -2.47. The van der Waals surface area contributed by atoms with Crippen molar-refractivity contribution in [3.8, 4) is 11.3 Å². The van der Waals surface area contributed by atoms with E-state index >= 15 is 0 Å². The molecule has 2 aromatic heterocycles. The highest BCUT2D eigenvalue weighted by atomic mass is 35.5. The standard InChI is InChI=1S/C18H17ClN6/c19-15-5-3-4-14(12-15)16-13-21-23-18(22-16)25-10-8-24(9-11-25)17-6-1-2-7-20-17/h1-7,12-13H,8-11H2. The zero-order chi connectivity index (χ0) is 17.1. The molecule has 0 radical (unpaired) electrons. The molecule has 1 saturated heterocycles. The molecule has 3 heterocycles. The molecule has 3 aromatic rings. The second-order valence-electron chi connectivity index (χ2n) is 5.81. The molecular weight excluding hydrogens is 336 g/mol. The molecule has 0 aliphatic carbocycles. The van der Waals surface area contributed by atoms with Crippen LogP contribution in [0.25, 0.3) is 11.3 Å². The highest BCUT2D eigenvalue weighted by Gasteiger charge is 2.20. The second kappa shape index (κ2) is 7.03. The highest BCUT2D eigenvalue weighted by Crippen LogP contribution is 2.22. The first-order valence-electron chi connectivity index (χ1n) is 8.16. The van der Waals surface area contributed by atoms with Gasteiger partial charge in [0.15, 0.2) is 0 Å². The van der Waals surface area contributed by atoms with Crippen LogP contribution in [0.5, 0.6) is 0 Å². The van der Waals surface area contributed by atoms with E-state index in [4.69, 9.17) is 11.6 Å². The highest BCUT2D eigenvalue weighted by molar-refractivity contribution is 6.30. The Morgan fingerprint density at radius 1 is 0.920 bits per heavy atom. The third kappa shape index (κ3) is 3.53. The van der Waals surface area contributed by atoms with Crippen LogP contribution in [0, 0.1) is 0 Å². The summed E-state index contributed by atoms with van der Waals surface area (Å²) in [5.41, 5.74) is 1.72. The lowest BCUT2D eigenvalue weighted by molar-refractivity contribution is 0.630. The monoisotopic (exact) mass is 352 g/mol. The third-order valence-corrected chi connectivity index (χ3v) is 4.44. The average molecular weight is 353 g/mol. The van der Waals surface area contributed by atoms with E-state index in [0.717, 1.165) is 43.3 Å². The molecule has 1 fully saturated rings. The zero-order valence-electron chi connectivity index (χ0n) is 13.6. The van der Waals surface area contributed by atoms with Crippen LogP contribution in [0.1, 0.15) is 0 Å². The van der Waals surface area contributed by atoms with Gasteiger partial charge in [0.25, 0.3) is 0 Å². The summed E-state index contributed by atoms with van der Waals surface area (Å²) in [5, 5.41) is 9.01. The number of rotatable bonds is 3. The molecule has 4 rings (SSSR count). The molecule has 0 N–H and O–H groups in total. The van der Waals surface area contributed by atoms with Gasteiger partial charge in [0.1, 0.15) is 5.82 Å². The minimum atomic E-state index is 0.651. The van der Waals surface area contributed by atoms with Crippen LogP contribution >= 0.6 is 11.6 Å². The van der Waals surface area contributed by atoms with E-state index in [9.17, 15) is 0 Å². The molecule has 0 unspecified atom stereocenters. The van der Waals surface area contributed by atoms with Crippen molar-refractivity contribution in [1.82, 2.24) is 20.2 Å². The van der Waals surface area contributed by atoms with Gasteiger partial charge >= 0.3 is 0 Å². The molecule has 7 heteroatoms. The van der Waals surface area contributed by atoms with E-state index in [1.54, 1.807) is 6.20 Å². The number of halogens is 1. The van der Waals surface area contributed by atoms with E-state index in [0.29, 0.717) is 11.0 Å². The van der Waals surface area contributed by atoms with Gasteiger partial charge in [-0.15, -0.1) is 5.10 Å². The molecule has 0 saturated carbocycles. The summed E-state index contributed by atoms with van der Waals surface area (Å²) in [7, 11) is 0. The Balaban J connectivity index is 1.49. The maximum absolute atomic E-state index is 6.07. The predicted octanol–water partition coefficient (Wildman–Crippen LogP) is 2.91. The first kappa shape index (κ1) is 15.8. The Bertz CT molecular complexity index is 849. The van der Waals surface area contributed by atoms with Crippen LogP contribution in [0.4, 0.5) is 11.8 Å². The first-order chi connectivity index (χ1) is 12.3. The van der Waals surface area contributed by atoms with Gasteiger partial charge < -0.3 is 9.80 Å². The van der Waals surface area contributed by atoms with Crippen LogP contribution < -0.4 is 9.80 Å². The molecule has 1 aliphatic rings. The molecule has 1 aliphatic heterocycles. The first-order valence-corrected chi connectivity index (χ1v) is 8.54. The number of aromatic nitrogens is 4. The Morgan fingerprint density at radius 2 is 1.76 bits per heavy atom. The molecule has 0 amide bonds. The van der Waals surface area contributed by atoms with Gasteiger partial charge in [-0.1, -0.05) is 29.8 Å². The molecule has 0 bridgehead atoms. The normalized spacial score (nSPS) is 14.6. The van der Waals surface area contributed by atoms with Crippen molar-refractivity contribution in [3.05, 3.63) is 59.9 Å². The van der Waals surface area contributed by atoms with Crippen molar-refractivity contribution in [2.75, 3.05) is 36.0 Å². The Labute approximate surface area is 151 Å². The lowest BCUT2D eigenvalue weighted by Gasteiger charge is -2.35. The summed E-state index contributed by atoms with van der Waals surface area (Å²) in [4.78, 5) is 13.5. The largest absolute Gasteiger partial charge is 0.353 e. The van der Waals surface area contributed by atoms with Gasteiger partial charge in [0.05, 0.1) is 11.9 Å². The van der Waals surface area contributed by atoms with E-state index in [1.165, 1.54) is 0 Å². The number of nitrogens with zero attached hydrogens (tertiary/aromatic N) is 6. The number of pyridine rings is 1. The number of hydrogen-bond donors (Lipinski definition) is 0. The van der Waals surface area contributed by atoms with Crippen molar-refractivity contribution in [1.29, 1.82) is 0 Å². The molecular formula is C18H17ClN6. The summed E-state index contributed by atoms with van der Waals surface area (Å²) < 4.78 is 0. The fourth-order valence-corrected chi connectivity index (χ4v) is 3.08. The van der Waals surface area contributed by atoms with Crippen molar-refractivity contribution >= 4 is 23.4 Å². The molecule has 0 atom stereocenters. The second-order valence-corrected chi connectivity index (χ2v) is 6.25. The summed E-state index contributed by atoms with van der Waals surface area (Å²) in [5.74, 6) is 1.66. The van der Waals surface area contributed by atoms with E-state index < -0.39 is 0 Å². The maximum Gasteiger partial charge on any atom is 0.246 e. The van der Waals surface area contributed by atoms with E-state index in [-0.39, 0.29) is 0 Å². The smallest absolute Gasteiger partial charge is 0.246 e. The summed E-state index contributed by atoms with van der Waals surface area (Å²) in [6.07, 6.45) is 3.49. The predicted molar refractivity (Wildman–Crippen MR) is 98.9 cm³/mol. The van der Waals surface area contributed by atoms with Crippen LogP contribution in [0.15, 0.2) is 54.9 Å². The molecule has 25 heavy (non-hydrogen) atoms. The summed E-state index contributed by atoms with van der Waals surface area (Å²) in [6.45, 7) is 3.41. The van der Waals surface area contributed by atoms with Crippen molar-refractivity contribution < 1.29 is 0 Å². The molecule has 126 valence electrons. The van der Waals surface area contributed by atoms with Crippen LogP contribution in [-0.4, -0.2) is 46.3 Å². The number of piperazine rings is 1. The minimum absolute atomic E-state index is 0.651. The van der Waals surface area contributed by atoms with Gasteiger partial charge in [-0.25, -0.2) is 9.97 Å². The van der Waals surface area contributed by atoms with Crippen LogP contribution in [-0.2, 0) is 0 Å². The third-order valence-electron chi connectivity index (χ3n) is 4.20. The van der Waals surface area contributed by atoms with Gasteiger partial charge in [-0.05, 0) is 24.3 Å². The number of anilines is 2. The van der Waals surface area contributed by atoms with E-state index in [2.05, 4.69) is 30.0 Å². The Morgan fingerprint density at radius 3 is 2.52 bits per heavy atom. The average Bonchev–Trinajstić information content (AvgIpc) is 2.69. The Kier molecular flexibility index (Phi) is 4.43. The molecule has 0 spiro atoms. The van der Waals surface area contributed by atoms with Crippen LogP contribution in [0.2, 0.25) is 5.02 Å². The van der Waals surface area contributed by atoms with Crippen molar-refractivity contribution in [2.24, 2.45) is 0 Å². The van der Waals surface area contributed by atoms with Gasteiger partial charge in [0.2, 0.25) is 5.95 Å². The van der Waals surface area contributed by atoms with Gasteiger partial charge in [0, 0.05) is 43.0 Å². The molecule has 1 aromatic carbocycles. The van der Waals surface area contributed by atoms with Crippen molar-refractivity contribution in [3.63, 3.8) is 0 Å². The minimum Gasteiger partial charge on any atom is -0.353 e. The maximum atomic E-state index is 6.07. The molecule has 6 nitrogen and oxygen atoms in total. The van der Waals surface area contributed by atoms with Crippen molar-refractivity contribution in [2.45, 2.75) is 0 Å². The number of benzene rings is 1. The Hall–Kier alpha value is -2.73. The van der Waals surface area contributed by atoms with Gasteiger partial charge in [-0.2, -0.15) is 5.10 Å². The summed E-state index contributed by atoms with van der Waals surface area (Å²) in [6, 6.07) is 13.6. The lowest BCUT2D eigenvalue weighted by atomic mass is 10.2. The quantitative estimate of drug-likeness (QED) is 0.722. The topological polar surface area (TPSA) is 58.0 Å². The fraction of sp³-hybridized carbons (Fsp3) is 0.222. The number of hydrogen-bond acceptors (Lipinski definition) is 6.